The summed E-state index contributed by atoms with van der Waals surface area (Å²) in [6.45, 7) is 3.81. The fraction of sp³-hybridized carbons (Fsp3) is 0.133. The lowest BCUT2D eigenvalue weighted by molar-refractivity contribution is 0.467. The Balaban J connectivity index is 2.28. The Morgan fingerprint density at radius 1 is 1.06 bits per heavy atom. The zero-order valence-corrected chi connectivity index (χ0v) is 10.0. The molecule has 0 atom stereocenters. The van der Waals surface area contributed by atoms with Gasteiger partial charge < -0.3 is 5.11 Å². The first-order valence-electron chi connectivity index (χ1n) is 5.56. The van der Waals surface area contributed by atoms with Crippen LogP contribution in [0.5, 0.6) is 5.75 Å². The van der Waals surface area contributed by atoms with Crippen LogP contribution in [0.1, 0.15) is 22.4 Å². The maximum atomic E-state index is 9.68. The van der Waals surface area contributed by atoms with Crippen molar-refractivity contribution in [3.05, 3.63) is 58.9 Å². The lowest BCUT2D eigenvalue weighted by Crippen LogP contribution is -1.83. The number of aromatic nitrogens is 1. The molecule has 0 aliphatic heterocycles. The number of aromatic hydroxyl groups is 1. The van der Waals surface area contributed by atoms with Gasteiger partial charge in [0.05, 0.1) is 5.69 Å². The van der Waals surface area contributed by atoms with Gasteiger partial charge in [-0.3, -0.25) is 4.98 Å². The lowest BCUT2D eigenvalue weighted by atomic mass is 10.1. The van der Waals surface area contributed by atoms with Crippen LogP contribution in [-0.4, -0.2) is 10.1 Å². The Morgan fingerprint density at radius 3 is 2.35 bits per heavy atom. The molecule has 2 rings (SSSR count). The molecule has 0 aliphatic carbocycles. The second-order valence-electron chi connectivity index (χ2n) is 4.09. The van der Waals surface area contributed by atoms with Crippen molar-refractivity contribution in [2.24, 2.45) is 0 Å². The molecule has 1 aromatic carbocycles. The number of phenolic OH excluding ortho intramolecular Hbond substituents is 1. The number of rotatable bonds is 2. The predicted molar refractivity (Wildman–Crippen MR) is 70.7 cm³/mol. The van der Waals surface area contributed by atoms with Gasteiger partial charge in [-0.1, -0.05) is 12.1 Å². The van der Waals surface area contributed by atoms with Gasteiger partial charge in [0, 0.05) is 6.20 Å². The molecule has 0 aliphatic rings. The SMILES string of the molecule is Cc1cc(/C=C/c2ccccn2)cc(C)c1O. The molecule has 17 heavy (non-hydrogen) atoms. The van der Waals surface area contributed by atoms with Crippen molar-refractivity contribution in [2.75, 3.05) is 0 Å². The van der Waals surface area contributed by atoms with Crippen molar-refractivity contribution in [2.45, 2.75) is 13.8 Å². The summed E-state index contributed by atoms with van der Waals surface area (Å²) in [7, 11) is 0. The fourth-order valence-corrected chi connectivity index (χ4v) is 1.74. The summed E-state index contributed by atoms with van der Waals surface area (Å²) in [5.74, 6) is 0.375. The van der Waals surface area contributed by atoms with E-state index in [0.717, 1.165) is 22.4 Å². The van der Waals surface area contributed by atoms with E-state index in [0.29, 0.717) is 5.75 Å². The normalized spacial score (nSPS) is 10.9. The van der Waals surface area contributed by atoms with Gasteiger partial charge in [-0.25, -0.2) is 0 Å². The molecular weight excluding hydrogens is 210 g/mol. The highest BCUT2D eigenvalue weighted by molar-refractivity contribution is 5.69. The first-order valence-corrected chi connectivity index (χ1v) is 5.56. The highest BCUT2D eigenvalue weighted by atomic mass is 16.3. The first kappa shape index (κ1) is 11.4. The maximum Gasteiger partial charge on any atom is 0.121 e. The Bertz CT molecular complexity index is 521. The summed E-state index contributed by atoms with van der Waals surface area (Å²) in [4.78, 5) is 4.22. The molecule has 2 heteroatoms. The van der Waals surface area contributed by atoms with Gasteiger partial charge in [-0.2, -0.15) is 0 Å². The number of hydrogen-bond acceptors (Lipinski definition) is 2. The van der Waals surface area contributed by atoms with E-state index >= 15 is 0 Å². The summed E-state index contributed by atoms with van der Waals surface area (Å²) in [6, 6.07) is 9.73. The van der Waals surface area contributed by atoms with Crippen molar-refractivity contribution in [3.8, 4) is 5.75 Å². The smallest absolute Gasteiger partial charge is 0.121 e. The van der Waals surface area contributed by atoms with Crippen molar-refractivity contribution >= 4 is 12.2 Å². The molecule has 1 heterocycles. The van der Waals surface area contributed by atoms with E-state index in [1.807, 2.05) is 56.3 Å². The Hall–Kier alpha value is -2.09. The third-order valence-electron chi connectivity index (χ3n) is 2.65. The first-order chi connectivity index (χ1) is 8.16. The summed E-state index contributed by atoms with van der Waals surface area (Å²) < 4.78 is 0. The summed E-state index contributed by atoms with van der Waals surface area (Å²) >= 11 is 0. The highest BCUT2D eigenvalue weighted by Gasteiger charge is 2.01. The largest absolute Gasteiger partial charge is 0.507 e. The molecule has 0 fully saturated rings. The fourth-order valence-electron chi connectivity index (χ4n) is 1.74. The molecule has 86 valence electrons. The number of benzene rings is 1. The van der Waals surface area contributed by atoms with E-state index in [4.69, 9.17) is 0 Å². The number of hydrogen-bond donors (Lipinski definition) is 1. The van der Waals surface area contributed by atoms with Gasteiger partial charge in [0.25, 0.3) is 0 Å². The molecule has 0 unspecified atom stereocenters. The minimum atomic E-state index is 0.375. The standard InChI is InChI=1S/C15H15NO/c1-11-9-13(10-12(2)15(11)17)6-7-14-5-3-4-8-16-14/h3-10,17H,1-2H3/b7-6+. The van der Waals surface area contributed by atoms with Crippen molar-refractivity contribution in [1.82, 2.24) is 4.98 Å². The van der Waals surface area contributed by atoms with Crippen LogP contribution in [0.25, 0.3) is 12.2 Å². The van der Waals surface area contributed by atoms with Gasteiger partial charge in [-0.05, 0) is 60.9 Å². The topological polar surface area (TPSA) is 33.1 Å². The van der Waals surface area contributed by atoms with Crippen LogP contribution in [0.3, 0.4) is 0 Å². The number of phenols is 1. The Kier molecular flexibility index (Phi) is 3.24. The van der Waals surface area contributed by atoms with Crippen LogP contribution in [0.15, 0.2) is 36.5 Å². The Morgan fingerprint density at radius 2 is 1.76 bits per heavy atom. The molecule has 0 radical (unpaired) electrons. The number of pyridine rings is 1. The molecule has 1 N–H and O–H groups in total. The van der Waals surface area contributed by atoms with Crippen LogP contribution < -0.4 is 0 Å². The molecule has 0 spiro atoms. The molecule has 1 aromatic heterocycles. The van der Waals surface area contributed by atoms with Crippen molar-refractivity contribution in [3.63, 3.8) is 0 Å². The molecular formula is C15H15NO. The van der Waals surface area contributed by atoms with Crippen LogP contribution in [0, 0.1) is 13.8 Å². The van der Waals surface area contributed by atoms with Gasteiger partial charge in [0.2, 0.25) is 0 Å². The number of nitrogens with zero attached hydrogens (tertiary/aromatic N) is 1. The van der Waals surface area contributed by atoms with Crippen molar-refractivity contribution in [1.29, 1.82) is 0 Å². The maximum absolute atomic E-state index is 9.68. The van der Waals surface area contributed by atoms with Crippen LogP contribution in [0.4, 0.5) is 0 Å². The van der Waals surface area contributed by atoms with Gasteiger partial charge in [0.15, 0.2) is 0 Å². The van der Waals surface area contributed by atoms with E-state index in [1.165, 1.54) is 0 Å². The van der Waals surface area contributed by atoms with Gasteiger partial charge in [0.1, 0.15) is 5.75 Å². The second kappa shape index (κ2) is 4.83. The predicted octanol–water partition coefficient (Wildman–Crippen LogP) is 3.57. The van der Waals surface area contributed by atoms with Crippen molar-refractivity contribution < 1.29 is 5.11 Å². The highest BCUT2D eigenvalue weighted by Crippen LogP contribution is 2.23. The van der Waals surface area contributed by atoms with Gasteiger partial charge in [-0.15, -0.1) is 0 Å². The third kappa shape index (κ3) is 2.72. The van der Waals surface area contributed by atoms with Crippen LogP contribution in [-0.2, 0) is 0 Å². The van der Waals surface area contributed by atoms with E-state index in [1.54, 1.807) is 6.20 Å². The Labute approximate surface area is 101 Å². The summed E-state index contributed by atoms with van der Waals surface area (Å²) in [6.07, 6.45) is 5.74. The van der Waals surface area contributed by atoms with Gasteiger partial charge >= 0.3 is 0 Å². The van der Waals surface area contributed by atoms with Crippen LogP contribution >= 0.6 is 0 Å². The zero-order valence-electron chi connectivity index (χ0n) is 10.0. The van der Waals surface area contributed by atoms with E-state index < -0.39 is 0 Å². The molecule has 0 bridgehead atoms. The third-order valence-corrected chi connectivity index (χ3v) is 2.65. The average Bonchev–Trinajstić information content (AvgIpc) is 2.34. The van der Waals surface area contributed by atoms with E-state index in [2.05, 4.69) is 4.98 Å². The molecule has 2 nitrogen and oxygen atoms in total. The van der Waals surface area contributed by atoms with E-state index in [-0.39, 0.29) is 0 Å². The summed E-state index contributed by atoms with van der Waals surface area (Å²) in [5, 5.41) is 9.68. The molecule has 0 amide bonds. The van der Waals surface area contributed by atoms with E-state index in [9.17, 15) is 5.11 Å². The molecule has 0 saturated carbocycles. The quantitative estimate of drug-likeness (QED) is 0.847. The summed E-state index contributed by atoms with van der Waals surface area (Å²) in [5.41, 5.74) is 3.79. The minimum Gasteiger partial charge on any atom is -0.507 e. The second-order valence-corrected chi connectivity index (χ2v) is 4.09. The van der Waals surface area contributed by atoms with Crippen LogP contribution in [0.2, 0.25) is 0 Å². The minimum absolute atomic E-state index is 0.375. The zero-order chi connectivity index (χ0) is 12.3. The molecule has 2 aromatic rings. The lowest BCUT2D eigenvalue weighted by Gasteiger charge is -2.04. The molecule has 0 saturated heterocycles. The monoisotopic (exact) mass is 225 g/mol. The average molecular weight is 225 g/mol. The number of aryl methyl sites for hydroxylation is 2.